The van der Waals surface area contributed by atoms with Gasteiger partial charge in [0, 0.05) is 12.6 Å². The van der Waals surface area contributed by atoms with E-state index < -0.39 is 5.97 Å². The maximum Gasteiger partial charge on any atom is 0.307 e. The van der Waals surface area contributed by atoms with E-state index in [4.69, 9.17) is 5.11 Å². The van der Waals surface area contributed by atoms with Crippen LogP contribution in [0.2, 0.25) is 0 Å². The van der Waals surface area contributed by atoms with Crippen molar-refractivity contribution in [3.05, 3.63) is 0 Å². The first-order chi connectivity index (χ1) is 7.06. The highest BCUT2D eigenvalue weighted by molar-refractivity contribution is 5.70. The molecule has 0 spiro atoms. The Morgan fingerprint density at radius 1 is 1.53 bits per heavy atom. The summed E-state index contributed by atoms with van der Waals surface area (Å²) in [6.07, 6.45) is 3.76. The largest absolute Gasteiger partial charge is 0.481 e. The van der Waals surface area contributed by atoms with Crippen LogP contribution in [0.5, 0.6) is 0 Å². The summed E-state index contributed by atoms with van der Waals surface area (Å²) < 4.78 is 0. The molecule has 1 aliphatic heterocycles. The summed E-state index contributed by atoms with van der Waals surface area (Å²) in [6, 6.07) is 0.171. The third-order valence-corrected chi connectivity index (χ3v) is 3.70. The number of nitrogens with zero attached hydrogens (tertiary/aromatic N) is 1. The number of rotatable bonds is 5. The second-order valence-corrected chi connectivity index (χ2v) is 4.81. The van der Waals surface area contributed by atoms with Gasteiger partial charge >= 0.3 is 5.97 Å². The van der Waals surface area contributed by atoms with Gasteiger partial charge < -0.3 is 5.11 Å². The van der Waals surface area contributed by atoms with Crippen molar-refractivity contribution < 1.29 is 9.90 Å². The molecule has 0 amide bonds. The molecular formula is C12H23NO2. The Hall–Kier alpha value is -0.570. The molecular weight excluding hydrogens is 190 g/mol. The number of hydrogen-bond donors (Lipinski definition) is 1. The fraction of sp³-hybridized carbons (Fsp3) is 0.917. The van der Waals surface area contributed by atoms with Crippen LogP contribution in [0.15, 0.2) is 0 Å². The van der Waals surface area contributed by atoms with E-state index in [1.165, 1.54) is 19.3 Å². The first kappa shape index (κ1) is 12.5. The number of aliphatic carboxylic acids is 1. The molecule has 3 heteroatoms. The third kappa shape index (κ3) is 3.20. The zero-order valence-corrected chi connectivity index (χ0v) is 10.1. The van der Waals surface area contributed by atoms with E-state index in [2.05, 4.69) is 11.8 Å². The van der Waals surface area contributed by atoms with Gasteiger partial charge in [0.1, 0.15) is 0 Å². The smallest absolute Gasteiger partial charge is 0.307 e. The van der Waals surface area contributed by atoms with Gasteiger partial charge in [0.15, 0.2) is 0 Å². The van der Waals surface area contributed by atoms with E-state index in [9.17, 15) is 4.79 Å². The summed E-state index contributed by atoms with van der Waals surface area (Å²) >= 11 is 0. The Morgan fingerprint density at radius 3 is 2.73 bits per heavy atom. The molecule has 3 unspecified atom stereocenters. The molecule has 88 valence electrons. The first-order valence-corrected chi connectivity index (χ1v) is 6.03. The van der Waals surface area contributed by atoms with Crippen molar-refractivity contribution in [3.8, 4) is 0 Å². The van der Waals surface area contributed by atoms with Crippen LogP contribution in [0.25, 0.3) is 0 Å². The first-order valence-electron chi connectivity index (χ1n) is 6.03. The van der Waals surface area contributed by atoms with Crippen molar-refractivity contribution in [2.75, 3.05) is 13.1 Å². The van der Waals surface area contributed by atoms with Crippen LogP contribution in [-0.2, 0) is 4.79 Å². The third-order valence-electron chi connectivity index (χ3n) is 3.70. The lowest BCUT2D eigenvalue weighted by atomic mass is 10.0. The normalized spacial score (nSPS) is 26.5. The van der Waals surface area contributed by atoms with Crippen LogP contribution in [0.4, 0.5) is 0 Å². The number of hydrogen-bond acceptors (Lipinski definition) is 2. The molecule has 0 aromatic heterocycles. The second kappa shape index (κ2) is 5.50. The predicted molar refractivity (Wildman–Crippen MR) is 60.8 cm³/mol. The highest BCUT2D eigenvalue weighted by Gasteiger charge is 2.30. The Morgan fingerprint density at radius 2 is 2.20 bits per heavy atom. The monoisotopic (exact) mass is 213 g/mol. The molecule has 0 bridgehead atoms. The highest BCUT2D eigenvalue weighted by atomic mass is 16.4. The van der Waals surface area contributed by atoms with Gasteiger partial charge in [-0.3, -0.25) is 9.69 Å². The zero-order valence-electron chi connectivity index (χ0n) is 10.1. The van der Waals surface area contributed by atoms with Crippen LogP contribution >= 0.6 is 0 Å². The molecule has 15 heavy (non-hydrogen) atoms. The molecule has 0 radical (unpaired) electrons. The van der Waals surface area contributed by atoms with Gasteiger partial charge in [-0.25, -0.2) is 0 Å². The van der Waals surface area contributed by atoms with Gasteiger partial charge in [0.2, 0.25) is 0 Å². The quantitative estimate of drug-likeness (QED) is 0.761. The van der Waals surface area contributed by atoms with Gasteiger partial charge in [-0.05, 0) is 32.2 Å². The van der Waals surface area contributed by atoms with Crippen LogP contribution in [0, 0.1) is 11.8 Å². The Kier molecular flexibility index (Phi) is 4.58. The van der Waals surface area contributed by atoms with Crippen LogP contribution in [-0.4, -0.2) is 35.1 Å². The van der Waals surface area contributed by atoms with E-state index >= 15 is 0 Å². The highest BCUT2D eigenvalue weighted by Crippen LogP contribution is 2.25. The van der Waals surface area contributed by atoms with Gasteiger partial charge in [0.05, 0.1) is 5.92 Å². The van der Waals surface area contributed by atoms with E-state index in [-0.39, 0.29) is 12.0 Å². The SMILES string of the molecule is CCCC1CCN(C(C)C(C)C(=O)O)C1. The maximum absolute atomic E-state index is 10.9. The molecule has 0 aromatic carbocycles. The summed E-state index contributed by atoms with van der Waals surface area (Å²) in [5.74, 6) is -0.148. The van der Waals surface area contributed by atoms with Gasteiger partial charge in [-0.1, -0.05) is 20.3 Å². The summed E-state index contributed by atoms with van der Waals surface area (Å²) in [6.45, 7) is 8.22. The number of carbonyl (C=O) groups is 1. The average Bonchev–Trinajstić information content (AvgIpc) is 2.64. The molecule has 1 heterocycles. The summed E-state index contributed by atoms with van der Waals surface area (Å²) in [5, 5.41) is 8.96. The van der Waals surface area contributed by atoms with Crippen molar-refractivity contribution in [2.45, 2.75) is 46.1 Å². The molecule has 3 nitrogen and oxygen atoms in total. The zero-order chi connectivity index (χ0) is 11.4. The lowest BCUT2D eigenvalue weighted by Gasteiger charge is -2.27. The summed E-state index contributed by atoms with van der Waals surface area (Å²) in [7, 11) is 0. The fourth-order valence-corrected chi connectivity index (χ4v) is 2.40. The molecule has 0 saturated carbocycles. The van der Waals surface area contributed by atoms with Gasteiger partial charge in [-0.2, -0.15) is 0 Å². The Bertz CT molecular complexity index is 218. The van der Waals surface area contributed by atoms with Gasteiger partial charge in [-0.15, -0.1) is 0 Å². The van der Waals surface area contributed by atoms with Crippen LogP contribution in [0.3, 0.4) is 0 Å². The minimum absolute atomic E-state index is 0.171. The molecule has 1 fully saturated rings. The predicted octanol–water partition coefficient (Wildman–Crippen LogP) is 2.22. The molecule has 1 N–H and O–H groups in total. The lowest BCUT2D eigenvalue weighted by Crippen LogP contribution is -2.39. The molecule has 1 aliphatic rings. The van der Waals surface area contributed by atoms with Crippen LogP contribution < -0.4 is 0 Å². The Balaban J connectivity index is 2.42. The van der Waals surface area contributed by atoms with E-state index in [0.717, 1.165) is 19.0 Å². The minimum atomic E-state index is -0.679. The van der Waals surface area contributed by atoms with Crippen LogP contribution in [0.1, 0.15) is 40.0 Å². The summed E-state index contributed by atoms with van der Waals surface area (Å²) in [4.78, 5) is 13.2. The standard InChI is InChI=1S/C12H23NO2/c1-4-5-11-6-7-13(8-11)10(3)9(2)12(14)15/h9-11H,4-8H2,1-3H3,(H,14,15). The Labute approximate surface area is 92.5 Å². The molecule has 0 aromatic rings. The van der Waals surface area contributed by atoms with Crippen molar-refractivity contribution in [2.24, 2.45) is 11.8 Å². The van der Waals surface area contributed by atoms with Crippen molar-refractivity contribution in [1.29, 1.82) is 0 Å². The molecule has 3 atom stereocenters. The fourth-order valence-electron chi connectivity index (χ4n) is 2.40. The van der Waals surface area contributed by atoms with E-state index in [1.54, 1.807) is 6.92 Å². The average molecular weight is 213 g/mol. The van der Waals surface area contributed by atoms with E-state index in [1.807, 2.05) is 6.92 Å². The molecule has 1 rings (SSSR count). The van der Waals surface area contributed by atoms with E-state index in [0.29, 0.717) is 0 Å². The molecule has 1 saturated heterocycles. The maximum atomic E-state index is 10.9. The van der Waals surface area contributed by atoms with Crippen molar-refractivity contribution in [3.63, 3.8) is 0 Å². The summed E-state index contributed by atoms with van der Waals surface area (Å²) in [5.41, 5.74) is 0. The lowest BCUT2D eigenvalue weighted by molar-refractivity contribution is -0.143. The topological polar surface area (TPSA) is 40.5 Å². The second-order valence-electron chi connectivity index (χ2n) is 4.81. The van der Waals surface area contributed by atoms with Crippen molar-refractivity contribution >= 4 is 5.97 Å². The minimum Gasteiger partial charge on any atom is -0.481 e. The number of carboxylic acid groups (broad SMARTS) is 1. The molecule has 0 aliphatic carbocycles. The number of carboxylic acids is 1. The van der Waals surface area contributed by atoms with Gasteiger partial charge in [0.25, 0.3) is 0 Å². The number of likely N-dealkylation sites (tertiary alicyclic amines) is 1. The van der Waals surface area contributed by atoms with Crippen molar-refractivity contribution in [1.82, 2.24) is 4.90 Å².